The summed E-state index contributed by atoms with van der Waals surface area (Å²) in [4.78, 5) is 0. The summed E-state index contributed by atoms with van der Waals surface area (Å²) in [5.74, 6) is 0. The lowest BCUT2D eigenvalue weighted by Crippen LogP contribution is -1.92. The normalized spacial score (nSPS) is 11.5. The molecule has 0 unspecified atom stereocenters. The van der Waals surface area contributed by atoms with Gasteiger partial charge in [0.05, 0.1) is 5.56 Å². The Hall–Kier alpha value is -6.37. The molecule has 0 amide bonds. The molecule has 3 heteroatoms. The molecule has 3 nitrogen and oxygen atoms in total. The molecule has 0 N–H and O–H groups in total. The van der Waals surface area contributed by atoms with Crippen LogP contribution in [0.2, 0.25) is 0 Å². The number of para-hydroxylation sites is 2. The molecule has 0 saturated carbocycles. The van der Waals surface area contributed by atoms with Gasteiger partial charge in [-0.1, -0.05) is 103 Å². The van der Waals surface area contributed by atoms with E-state index in [1.54, 1.807) is 0 Å². The number of furan rings is 2. The van der Waals surface area contributed by atoms with Crippen LogP contribution in [0.15, 0.2) is 160 Å². The minimum atomic E-state index is 0.653. The zero-order valence-electron chi connectivity index (χ0n) is 24.7. The number of nitrogens with zero attached hydrogens (tertiary/aromatic N) is 1. The van der Waals surface area contributed by atoms with Crippen molar-refractivity contribution in [2.24, 2.45) is 0 Å². The topological polar surface area (TPSA) is 50.1 Å². The van der Waals surface area contributed by atoms with Crippen molar-refractivity contribution in [3.05, 3.63) is 157 Å². The summed E-state index contributed by atoms with van der Waals surface area (Å²) in [6, 6.07) is 54.4. The monoisotopic (exact) mass is 587 g/mol. The van der Waals surface area contributed by atoms with Crippen LogP contribution in [0.1, 0.15) is 5.56 Å². The highest BCUT2D eigenvalue weighted by molar-refractivity contribution is 6.13. The number of benzene rings is 7. The summed E-state index contributed by atoms with van der Waals surface area (Å²) in [5, 5.41) is 14.9. The summed E-state index contributed by atoms with van der Waals surface area (Å²) >= 11 is 0. The molecule has 0 saturated heterocycles. The second kappa shape index (κ2) is 10.4. The summed E-state index contributed by atoms with van der Waals surface area (Å²) in [6.07, 6.45) is 0. The lowest BCUT2D eigenvalue weighted by molar-refractivity contribution is 0.668. The van der Waals surface area contributed by atoms with E-state index in [-0.39, 0.29) is 0 Å². The van der Waals surface area contributed by atoms with Crippen LogP contribution in [0.25, 0.3) is 88.4 Å². The molecular formula is C43H25NO2. The third kappa shape index (κ3) is 4.13. The molecule has 0 aliphatic carbocycles. The molecule has 7 aromatic carbocycles. The lowest BCUT2D eigenvalue weighted by atomic mass is 9.88. The lowest BCUT2D eigenvalue weighted by Gasteiger charge is -2.15. The smallest absolute Gasteiger partial charge is 0.136 e. The first kappa shape index (κ1) is 26.1. The first-order valence-electron chi connectivity index (χ1n) is 15.3. The Kier molecular flexibility index (Phi) is 5.88. The average molecular weight is 588 g/mol. The summed E-state index contributed by atoms with van der Waals surface area (Å²) in [6.45, 7) is 0. The van der Waals surface area contributed by atoms with Crippen molar-refractivity contribution in [3.8, 4) is 50.6 Å². The van der Waals surface area contributed by atoms with Gasteiger partial charge in [0.15, 0.2) is 0 Å². The molecule has 0 fully saturated rings. The zero-order valence-corrected chi connectivity index (χ0v) is 24.7. The number of fused-ring (bicyclic) bond motifs is 6. The first-order valence-corrected chi connectivity index (χ1v) is 15.3. The van der Waals surface area contributed by atoms with Crippen molar-refractivity contribution in [3.63, 3.8) is 0 Å². The van der Waals surface area contributed by atoms with E-state index < -0.39 is 0 Å². The predicted molar refractivity (Wildman–Crippen MR) is 187 cm³/mol. The highest BCUT2D eigenvalue weighted by Gasteiger charge is 2.18. The molecule has 0 bridgehead atoms. The quantitative estimate of drug-likeness (QED) is 0.206. The maximum absolute atomic E-state index is 10.5. The van der Waals surface area contributed by atoms with Gasteiger partial charge in [-0.2, -0.15) is 5.26 Å². The Morgan fingerprint density at radius 2 is 0.935 bits per heavy atom. The summed E-state index contributed by atoms with van der Waals surface area (Å²) in [5.41, 5.74) is 12.2. The number of hydrogen-bond donors (Lipinski definition) is 0. The first-order chi connectivity index (χ1) is 22.7. The van der Waals surface area contributed by atoms with Crippen molar-refractivity contribution < 1.29 is 8.83 Å². The van der Waals surface area contributed by atoms with Crippen LogP contribution in [0, 0.1) is 11.3 Å². The van der Waals surface area contributed by atoms with Crippen molar-refractivity contribution >= 4 is 43.9 Å². The fourth-order valence-electron chi connectivity index (χ4n) is 6.80. The second-order valence-corrected chi connectivity index (χ2v) is 11.6. The Labute approximate surface area is 265 Å². The van der Waals surface area contributed by atoms with Gasteiger partial charge in [-0.25, -0.2) is 0 Å². The minimum Gasteiger partial charge on any atom is -0.456 e. The molecule has 0 spiro atoms. The molecule has 214 valence electrons. The summed E-state index contributed by atoms with van der Waals surface area (Å²) in [7, 11) is 0. The van der Waals surface area contributed by atoms with Crippen molar-refractivity contribution in [1.82, 2.24) is 0 Å². The van der Waals surface area contributed by atoms with Gasteiger partial charge in [0.25, 0.3) is 0 Å². The van der Waals surface area contributed by atoms with Crippen molar-refractivity contribution in [2.75, 3.05) is 0 Å². The van der Waals surface area contributed by atoms with E-state index in [1.807, 2.05) is 72.8 Å². The number of hydrogen-bond acceptors (Lipinski definition) is 3. The maximum atomic E-state index is 10.5. The fraction of sp³-hybridized carbons (Fsp3) is 0. The van der Waals surface area contributed by atoms with E-state index in [1.165, 1.54) is 0 Å². The molecule has 9 aromatic rings. The molecule has 0 radical (unpaired) electrons. The second-order valence-electron chi connectivity index (χ2n) is 11.6. The van der Waals surface area contributed by atoms with E-state index in [0.717, 1.165) is 88.4 Å². The van der Waals surface area contributed by atoms with Gasteiger partial charge in [-0.3, -0.25) is 0 Å². The summed E-state index contributed by atoms with van der Waals surface area (Å²) < 4.78 is 12.4. The van der Waals surface area contributed by atoms with Gasteiger partial charge in [0, 0.05) is 32.7 Å². The maximum Gasteiger partial charge on any atom is 0.136 e. The van der Waals surface area contributed by atoms with E-state index in [0.29, 0.717) is 5.56 Å². The largest absolute Gasteiger partial charge is 0.456 e. The van der Waals surface area contributed by atoms with Crippen LogP contribution < -0.4 is 0 Å². The predicted octanol–water partition coefficient (Wildman–Crippen LogP) is 12.0. The molecule has 2 heterocycles. The van der Waals surface area contributed by atoms with Gasteiger partial charge >= 0.3 is 0 Å². The Morgan fingerprint density at radius 1 is 0.370 bits per heavy atom. The molecule has 2 aromatic heterocycles. The number of nitriles is 1. The third-order valence-corrected chi connectivity index (χ3v) is 8.93. The molecule has 46 heavy (non-hydrogen) atoms. The number of rotatable bonds is 4. The van der Waals surface area contributed by atoms with Gasteiger partial charge in [0.2, 0.25) is 0 Å². The highest BCUT2D eigenvalue weighted by atomic mass is 16.3. The van der Waals surface area contributed by atoms with Gasteiger partial charge in [-0.05, 0) is 81.9 Å². The Morgan fingerprint density at radius 3 is 1.74 bits per heavy atom. The van der Waals surface area contributed by atoms with Gasteiger partial charge in [-0.15, -0.1) is 0 Å². The van der Waals surface area contributed by atoms with Crippen LogP contribution >= 0.6 is 0 Å². The van der Waals surface area contributed by atoms with Crippen LogP contribution in [0.4, 0.5) is 0 Å². The van der Waals surface area contributed by atoms with E-state index in [2.05, 4.69) is 84.9 Å². The van der Waals surface area contributed by atoms with Crippen LogP contribution in [-0.4, -0.2) is 0 Å². The fourth-order valence-corrected chi connectivity index (χ4v) is 6.80. The Bertz CT molecular complexity index is 2650. The van der Waals surface area contributed by atoms with Crippen LogP contribution in [0.3, 0.4) is 0 Å². The molecule has 0 aliphatic heterocycles. The van der Waals surface area contributed by atoms with E-state index in [4.69, 9.17) is 8.83 Å². The van der Waals surface area contributed by atoms with Gasteiger partial charge < -0.3 is 8.83 Å². The molecular weight excluding hydrogens is 562 g/mol. The minimum absolute atomic E-state index is 0.653. The highest BCUT2D eigenvalue weighted by Crippen LogP contribution is 2.42. The van der Waals surface area contributed by atoms with Crippen molar-refractivity contribution in [1.29, 1.82) is 5.26 Å². The van der Waals surface area contributed by atoms with E-state index in [9.17, 15) is 5.26 Å². The van der Waals surface area contributed by atoms with Gasteiger partial charge in [0.1, 0.15) is 28.4 Å². The molecule has 0 atom stereocenters. The van der Waals surface area contributed by atoms with E-state index >= 15 is 0 Å². The standard InChI is InChI=1S/C43H25NO2/c44-26-38-32(27-10-2-1-3-11-27)14-8-15-33(38)30-22-29(28-20-21-41-37(25-28)35-12-4-6-17-39(35)45-41)23-31(24-30)34-16-9-19-42-43(34)36-13-5-7-18-40(36)46-42/h1-25H. The van der Waals surface area contributed by atoms with Crippen LogP contribution in [0.5, 0.6) is 0 Å². The molecule has 9 rings (SSSR count). The third-order valence-electron chi connectivity index (χ3n) is 8.93. The zero-order chi connectivity index (χ0) is 30.6. The van der Waals surface area contributed by atoms with Crippen LogP contribution in [-0.2, 0) is 0 Å². The SMILES string of the molecule is N#Cc1c(-c2ccccc2)cccc1-c1cc(-c2ccc3oc4ccccc4c3c2)cc(-c2cccc3oc4ccccc4c23)c1. The average Bonchev–Trinajstić information content (AvgIpc) is 3.69. The Balaban J connectivity index is 1.33. The molecule has 0 aliphatic rings. The van der Waals surface area contributed by atoms with Crippen molar-refractivity contribution in [2.45, 2.75) is 0 Å².